The molecule has 1 heterocycles. The summed E-state index contributed by atoms with van der Waals surface area (Å²) in [5.41, 5.74) is 0.883. The van der Waals surface area contributed by atoms with Gasteiger partial charge in [-0.15, -0.1) is 0 Å². The van der Waals surface area contributed by atoms with Crippen molar-refractivity contribution in [2.75, 3.05) is 0 Å². The summed E-state index contributed by atoms with van der Waals surface area (Å²) in [5, 5.41) is 0. The van der Waals surface area contributed by atoms with Gasteiger partial charge in [0.1, 0.15) is 6.10 Å². The van der Waals surface area contributed by atoms with E-state index < -0.39 is 0 Å². The molecule has 0 aromatic carbocycles. The van der Waals surface area contributed by atoms with E-state index in [0.29, 0.717) is 0 Å². The molecule has 1 aliphatic rings. The minimum Gasteiger partial charge on any atom is -0.459 e. The monoisotopic (exact) mass is 196 g/mol. The SMILES string of the molecule is CCCCCC/C=C1\CC(C)OC1=O. The number of unbranched alkanes of at least 4 members (excludes halogenated alkanes) is 4. The lowest BCUT2D eigenvalue weighted by atomic mass is 10.1. The molecule has 1 rings (SSSR count). The third kappa shape index (κ3) is 3.52. The fraction of sp³-hybridized carbons (Fsp3) is 0.750. The van der Waals surface area contributed by atoms with Crippen molar-refractivity contribution in [2.24, 2.45) is 0 Å². The third-order valence-corrected chi connectivity index (χ3v) is 2.53. The minimum atomic E-state index is -0.104. The molecule has 0 spiro atoms. The molecule has 0 radical (unpaired) electrons. The van der Waals surface area contributed by atoms with Gasteiger partial charge in [0.25, 0.3) is 0 Å². The molecule has 80 valence electrons. The number of hydrogen-bond donors (Lipinski definition) is 0. The van der Waals surface area contributed by atoms with Crippen molar-refractivity contribution in [2.45, 2.75) is 58.5 Å². The van der Waals surface area contributed by atoms with E-state index in [0.717, 1.165) is 18.4 Å². The van der Waals surface area contributed by atoms with E-state index in [4.69, 9.17) is 4.74 Å². The number of allylic oxidation sites excluding steroid dienone is 1. The first kappa shape index (κ1) is 11.3. The standard InChI is InChI=1S/C12H20O2/c1-3-4-5-6-7-8-11-9-10(2)14-12(11)13/h8,10H,3-7,9H2,1-2H3/b11-8+. The van der Waals surface area contributed by atoms with Crippen LogP contribution in [0.1, 0.15) is 52.4 Å². The van der Waals surface area contributed by atoms with Crippen LogP contribution in [0.5, 0.6) is 0 Å². The molecule has 0 aromatic heterocycles. The van der Waals surface area contributed by atoms with Crippen molar-refractivity contribution >= 4 is 5.97 Å². The molecule has 1 unspecified atom stereocenters. The molecule has 1 saturated heterocycles. The summed E-state index contributed by atoms with van der Waals surface area (Å²) in [7, 11) is 0. The fourth-order valence-corrected chi connectivity index (χ4v) is 1.71. The van der Waals surface area contributed by atoms with Crippen LogP contribution in [0.25, 0.3) is 0 Å². The molecule has 0 bridgehead atoms. The molecule has 0 N–H and O–H groups in total. The zero-order valence-electron chi connectivity index (χ0n) is 9.21. The van der Waals surface area contributed by atoms with Crippen LogP contribution < -0.4 is 0 Å². The summed E-state index contributed by atoms with van der Waals surface area (Å²) in [5.74, 6) is -0.104. The maximum absolute atomic E-state index is 11.2. The number of carbonyl (C=O) groups is 1. The lowest BCUT2D eigenvalue weighted by Crippen LogP contribution is -1.99. The van der Waals surface area contributed by atoms with Crippen LogP contribution in [-0.4, -0.2) is 12.1 Å². The molecule has 0 amide bonds. The zero-order valence-corrected chi connectivity index (χ0v) is 9.21. The second-order valence-electron chi connectivity index (χ2n) is 4.00. The molecular weight excluding hydrogens is 176 g/mol. The summed E-state index contributed by atoms with van der Waals surface area (Å²) in [6.07, 6.45) is 8.99. The molecule has 1 aliphatic heterocycles. The third-order valence-electron chi connectivity index (χ3n) is 2.53. The summed E-state index contributed by atoms with van der Waals surface area (Å²) in [6.45, 7) is 4.14. The van der Waals surface area contributed by atoms with Crippen molar-refractivity contribution in [1.29, 1.82) is 0 Å². The second kappa shape index (κ2) is 5.84. The fourth-order valence-electron chi connectivity index (χ4n) is 1.71. The zero-order chi connectivity index (χ0) is 10.4. The van der Waals surface area contributed by atoms with Gasteiger partial charge in [0.05, 0.1) is 0 Å². The van der Waals surface area contributed by atoms with Gasteiger partial charge in [-0.2, -0.15) is 0 Å². The Labute approximate surface area is 86.3 Å². The van der Waals surface area contributed by atoms with Gasteiger partial charge in [-0.3, -0.25) is 0 Å². The second-order valence-corrected chi connectivity index (χ2v) is 4.00. The van der Waals surface area contributed by atoms with E-state index in [-0.39, 0.29) is 12.1 Å². The number of cyclic esters (lactones) is 1. The van der Waals surface area contributed by atoms with Crippen LogP contribution in [0.4, 0.5) is 0 Å². The number of rotatable bonds is 5. The summed E-state index contributed by atoms with van der Waals surface area (Å²) < 4.78 is 5.04. The van der Waals surface area contributed by atoms with Crippen molar-refractivity contribution < 1.29 is 9.53 Å². The number of esters is 1. The van der Waals surface area contributed by atoms with Gasteiger partial charge in [-0.1, -0.05) is 32.3 Å². The van der Waals surface area contributed by atoms with E-state index in [1.807, 2.05) is 6.92 Å². The highest BCUT2D eigenvalue weighted by atomic mass is 16.5. The van der Waals surface area contributed by atoms with Crippen LogP contribution in [-0.2, 0) is 9.53 Å². The molecular formula is C12H20O2. The van der Waals surface area contributed by atoms with Gasteiger partial charge >= 0.3 is 5.97 Å². The average molecular weight is 196 g/mol. The predicted molar refractivity (Wildman–Crippen MR) is 57.0 cm³/mol. The van der Waals surface area contributed by atoms with E-state index in [1.165, 1.54) is 25.7 Å². The average Bonchev–Trinajstić information content (AvgIpc) is 2.45. The number of hydrogen-bond acceptors (Lipinski definition) is 2. The Morgan fingerprint density at radius 1 is 1.43 bits per heavy atom. The van der Waals surface area contributed by atoms with Gasteiger partial charge in [0.15, 0.2) is 0 Å². The highest BCUT2D eigenvalue weighted by Gasteiger charge is 2.24. The Morgan fingerprint density at radius 3 is 2.79 bits per heavy atom. The minimum absolute atomic E-state index is 0.0874. The van der Waals surface area contributed by atoms with Crippen molar-refractivity contribution in [3.8, 4) is 0 Å². The van der Waals surface area contributed by atoms with Crippen LogP contribution >= 0.6 is 0 Å². The molecule has 2 heteroatoms. The quantitative estimate of drug-likeness (QED) is 0.383. The van der Waals surface area contributed by atoms with Crippen molar-refractivity contribution in [3.05, 3.63) is 11.6 Å². The first-order valence-corrected chi connectivity index (χ1v) is 5.64. The molecule has 14 heavy (non-hydrogen) atoms. The molecule has 1 fully saturated rings. The predicted octanol–water partition coefficient (Wildman–Crippen LogP) is 3.22. The van der Waals surface area contributed by atoms with Gasteiger partial charge in [0.2, 0.25) is 0 Å². The normalized spacial score (nSPS) is 24.3. The smallest absolute Gasteiger partial charge is 0.334 e. The lowest BCUT2D eigenvalue weighted by Gasteiger charge is -1.95. The van der Waals surface area contributed by atoms with Gasteiger partial charge in [-0.05, 0) is 19.8 Å². The Bertz CT molecular complexity index is 218. The molecule has 1 atom stereocenters. The maximum atomic E-state index is 11.2. The highest BCUT2D eigenvalue weighted by Crippen LogP contribution is 2.20. The Morgan fingerprint density at radius 2 is 2.21 bits per heavy atom. The van der Waals surface area contributed by atoms with Gasteiger partial charge < -0.3 is 4.74 Å². The van der Waals surface area contributed by atoms with E-state index >= 15 is 0 Å². The maximum Gasteiger partial charge on any atom is 0.334 e. The van der Waals surface area contributed by atoms with Crippen LogP contribution in [0.3, 0.4) is 0 Å². The molecule has 0 aliphatic carbocycles. The van der Waals surface area contributed by atoms with Crippen LogP contribution in [0.2, 0.25) is 0 Å². The first-order valence-electron chi connectivity index (χ1n) is 5.64. The number of ether oxygens (including phenoxy) is 1. The molecule has 0 saturated carbocycles. The Balaban J connectivity index is 2.20. The first-order chi connectivity index (χ1) is 6.74. The van der Waals surface area contributed by atoms with E-state index in [9.17, 15) is 4.79 Å². The Kier molecular flexibility index (Phi) is 4.71. The highest BCUT2D eigenvalue weighted by molar-refractivity contribution is 5.90. The van der Waals surface area contributed by atoms with Gasteiger partial charge in [0, 0.05) is 12.0 Å². The molecule has 0 aromatic rings. The van der Waals surface area contributed by atoms with Crippen molar-refractivity contribution in [3.63, 3.8) is 0 Å². The number of carbonyl (C=O) groups excluding carboxylic acids is 1. The summed E-state index contributed by atoms with van der Waals surface area (Å²) >= 11 is 0. The topological polar surface area (TPSA) is 26.3 Å². The van der Waals surface area contributed by atoms with Crippen LogP contribution in [0, 0.1) is 0 Å². The van der Waals surface area contributed by atoms with Crippen LogP contribution in [0.15, 0.2) is 11.6 Å². The largest absolute Gasteiger partial charge is 0.459 e. The Hall–Kier alpha value is -0.790. The van der Waals surface area contributed by atoms with E-state index in [2.05, 4.69) is 13.0 Å². The summed E-state index contributed by atoms with van der Waals surface area (Å²) in [4.78, 5) is 11.2. The van der Waals surface area contributed by atoms with E-state index in [1.54, 1.807) is 0 Å². The molecule has 2 nitrogen and oxygen atoms in total. The van der Waals surface area contributed by atoms with Crippen molar-refractivity contribution in [1.82, 2.24) is 0 Å². The van der Waals surface area contributed by atoms with Gasteiger partial charge in [-0.25, -0.2) is 4.79 Å². The summed E-state index contributed by atoms with van der Waals surface area (Å²) in [6, 6.07) is 0. The lowest BCUT2D eigenvalue weighted by molar-refractivity contribution is -0.138.